The van der Waals surface area contributed by atoms with Gasteiger partial charge in [-0.05, 0) is 35.9 Å². The van der Waals surface area contributed by atoms with Gasteiger partial charge in [0.05, 0.1) is 12.0 Å². The summed E-state index contributed by atoms with van der Waals surface area (Å²) >= 11 is 0. The SMILES string of the molecule is O=C(Cc1c[nH]c2ccccc12)NNC(=O)c1ccccc1OCCOc1ccccc1. The third-order valence-corrected chi connectivity index (χ3v) is 4.83. The summed E-state index contributed by atoms with van der Waals surface area (Å²) in [5, 5.41) is 0.977. The summed E-state index contributed by atoms with van der Waals surface area (Å²) in [6.07, 6.45) is 1.94. The molecule has 0 atom stereocenters. The Morgan fingerprint density at radius 3 is 2.38 bits per heavy atom. The molecular weight excluding hydrogens is 406 g/mol. The highest BCUT2D eigenvalue weighted by atomic mass is 16.5. The van der Waals surface area contributed by atoms with Crippen LogP contribution in [0.25, 0.3) is 10.9 Å². The molecular formula is C25H23N3O4. The molecule has 3 aromatic carbocycles. The number of ether oxygens (including phenoxy) is 2. The summed E-state index contributed by atoms with van der Waals surface area (Å²) in [6.45, 7) is 0.605. The Morgan fingerprint density at radius 1 is 0.781 bits per heavy atom. The van der Waals surface area contributed by atoms with Gasteiger partial charge >= 0.3 is 0 Å². The van der Waals surface area contributed by atoms with Crippen molar-refractivity contribution in [3.8, 4) is 11.5 Å². The smallest absolute Gasteiger partial charge is 0.273 e. The van der Waals surface area contributed by atoms with Crippen LogP contribution in [0, 0.1) is 0 Å². The molecule has 0 aliphatic heterocycles. The van der Waals surface area contributed by atoms with Gasteiger partial charge in [-0.2, -0.15) is 0 Å². The number of carbonyl (C=O) groups excluding carboxylic acids is 2. The summed E-state index contributed by atoms with van der Waals surface area (Å²) in [5.74, 6) is 0.377. The van der Waals surface area contributed by atoms with Gasteiger partial charge in [-0.1, -0.05) is 48.5 Å². The zero-order valence-electron chi connectivity index (χ0n) is 17.3. The van der Waals surface area contributed by atoms with Crippen LogP contribution in [0.4, 0.5) is 0 Å². The molecule has 1 heterocycles. The molecule has 4 aromatic rings. The van der Waals surface area contributed by atoms with Crippen molar-refractivity contribution in [1.29, 1.82) is 0 Å². The van der Waals surface area contributed by atoms with Gasteiger partial charge in [-0.25, -0.2) is 0 Å². The van der Waals surface area contributed by atoms with Gasteiger partial charge in [0.2, 0.25) is 5.91 Å². The molecule has 0 radical (unpaired) electrons. The molecule has 0 fully saturated rings. The number of amides is 2. The van der Waals surface area contributed by atoms with Crippen LogP contribution in [-0.4, -0.2) is 30.0 Å². The fraction of sp³-hybridized carbons (Fsp3) is 0.120. The van der Waals surface area contributed by atoms with E-state index in [2.05, 4.69) is 15.8 Å². The number of carbonyl (C=O) groups is 2. The maximum atomic E-state index is 12.6. The summed E-state index contributed by atoms with van der Waals surface area (Å²) in [6, 6.07) is 24.0. The monoisotopic (exact) mass is 429 g/mol. The molecule has 4 rings (SSSR count). The molecule has 0 saturated carbocycles. The van der Waals surface area contributed by atoms with Gasteiger partial charge in [0, 0.05) is 17.1 Å². The number of benzene rings is 3. The van der Waals surface area contributed by atoms with Gasteiger partial charge < -0.3 is 14.5 Å². The number of hydrogen-bond acceptors (Lipinski definition) is 4. The zero-order chi connectivity index (χ0) is 22.2. The molecule has 162 valence electrons. The lowest BCUT2D eigenvalue weighted by atomic mass is 10.1. The van der Waals surface area contributed by atoms with Crippen molar-refractivity contribution in [3.05, 3.63) is 96.2 Å². The van der Waals surface area contributed by atoms with Crippen molar-refractivity contribution in [2.24, 2.45) is 0 Å². The van der Waals surface area contributed by atoms with Crippen LogP contribution < -0.4 is 20.3 Å². The number of nitrogens with one attached hydrogen (secondary N) is 3. The third kappa shape index (κ3) is 5.26. The van der Waals surface area contributed by atoms with Gasteiger partial charge in [0.25, 0.3) is 5.91 Å². The minimum absolute atomic E-state index is 0.138. The summed E-state index contributed by atoms with van der Waals surface area (Å²) < 4.78 is 11.3. The fourth-order valence-corrected chi connectivity index (χ4v) is 3.30. The quantitative estimate of drug-likeness (QED) is 0.295. The van der Waals surface area contributed by atoms with Crippen LogP contribution >= 0.6 is 0 Å². The Morgan fingerprint density at radius 2 is 1.50 bits per heavy atom. The molecule has 0 bridgehead atoms. The lowest BCUT2D eigenvalue weighted by molar-refractivity contribution is -0.121. The number of hydrazine groups is 1. The van der Waals surface area contributed by atoms with E-state index in [0.29, 0.717) is 17.9 Å². The van der Waals surface area contributed by atoms with Crippen LogP contribution in [0.15, 0.2) is 85.1 Å². The van der Waals surface area contributed by atoms with Crippen LogP contribution in [0.1, 0.15) is 15.9 Å². The standard InChI is InChI=1S/C25H23N3O4/c29-24(16-18-17-26-22-12-6-4-10-20(18)22)27-28-25(30)21-11-5-7-13-23(21)32-15-14-31-19-8-2-1-3-9-19/h1-13,17,26H,14-16H2,(H,27,29)(H,28,30). The highest BCUT2D eigenvalue weighted by molar-refractivity contribution is 5.98. The molecule has 32 heavy (non-hydrogen) atoms. The highest BCUT2D eigenvalue weighted by Gasteiger charge is 2.14. The minimum Gasteiger partial charge on any atom is -0.490 e. The Labute approximate surface area is 185 Å². The summed E-state index contributed by atoms with van der Waals surface area (Å²) in [5.41, 5.74) is 7.06. The van der Waals surface area contributed by atoms with E-state index in [-0.39, 0.29) is 18.9 Å². The van der Waals surface area contributed by atoms with E-state index in [4.69, 9.17) is 9.47 Å². The van der Waals surface area contributed by atoms with Crippen molar-refractivity contribution >= 4 is 22.7 Å². The second-order valence-corrected chi connectivity index (χ2v) is 7.04. The molecule has 0 aliphatic carbocycles. The summed E-state index contributed by atoms with van der Waals surface area (Å²) in [7, 11) is 0. The molecule has 3 N–H and O–H groups in total. The van der Waals surface area contributed by atoms with Crippen molar-refractivity contribution < 1.29 is 19.1 Å². The zero-order valence-corrected chi connectivity index (χ0v) is 17.3. The molecule has 1 aromatic heterocycles. The maximum absolute atomic E-state index is 12.6. The van der Waals surface area contributed by atoms with Crippen molar-refractivity contribution in [1.82, 2.24) is 15.8 Å². The summed E-state index contributed by atoms with van der Waals surface area (Å²) in [4.78, 5) is 28.1. The first kappa shape index (κ1) is 21.0. The van der Waals surface area contributed by atoms with E-state index in [1.54, 1.807) is 30.5 Å². The topological polar surface area (TPSA) is 92.5 Å². The van der Waals surface area contributed by atoms with Crippen LogP contribution in [0.3, 0.4) is 0 Å². The Hall–Kier alpha value is -4.26. The lowest BCUT2D eigenvalue weighted by Gasteiger charge is -2.13. The first-order valence-corrected chi connectivity index (χ1v) is 10.2. The first-order valence-electron chi connectivity index (χ1n) is 10.2. The predicted octanol–water partition coefficient (Wildman–Crippen LogP) is 3.63. The van der Waals surface area contributed by atoms with Crippen LogP contribution in [0.2, 0.25) is 0 Å². The van der Waals surface area contributed by atoms with Gasteiger partial charge in [-0.3, -0.25) is 20.4 Å². The highest BCUT2D eigenvalue weighted by Crippen LogP contribution is 2.19. The fourth-order valence-electron chi connectivity index (χ4n) is 3.30. The van der Waals surface area contributed by atoms with Gasteiger partial charge in [0.1, 0.15) is 24.7 Å². The normalized spacial score (nSPS) is 10.5. The largest absolute Gasteiger partial charge is 0.490 e. The van der Waals surface area contributed by atoms with E-state index < -0.39 is 5.91 Å². The number of para-hydroxylation sites is 3. The number of aromatic amines is 1. The maximum Gasteiger partial charge on any atom is 0.273 e. The second kappa shape index (κ2) is 10.2. The van der Waals surface area contributed by atoms with Gasteiger partial charge in [-0.15, -0.1) is 0 Å². The lowest BCUT2D eigenvalue weighted by Crippen LogP contribution is -2.42. The Kier molecular flexibility index (Phi) is 6.67. The molecule has 0 spiro atoms. The van der Waals surface area contributed by atoms with E-state index in [9.17, 15) is 9.59 Å². The molecule has 7 heteroatoms. The molecule has 0 unspecified atom stereocenters. The van der Waals surface area contributed by atoms with Gasteiger partial charge in [0.15, 0.2) is 0 Å². The molecule has 7 nitrogen and oxygen atoms in total. The van der Waals surface area contributed by atoms with E-state index >= 15 is 0 Å². The van der Waals surface area contributed by atoms with Crippen LogP contribution in [0.5, 0.6) is 11.5 Å². The van der Waals surface area contributed by atoms with E-state index in [0.717, 1.165) is 22.2 Å². The average Bonchev–Trinajstić information content (AvgIpc) is 3.24. The van der Waals surface area contributed by atoms with E-state index in [1.807, 2.05) is 54.6 Å². The number of aromatic nitrogens is 1. The third-order valence-electron chi connectivity index (χ3n) is 4.83. The first-order chi connectivity index (χ1) is 15.7. The second-order valence-electron chi connectivity index (χ2n) is 7.04. The number of rotatable bonds is 8. The number of fused-ring (bicyclic) bond motifs is 1. The predicted molar refractivity (Wildman–Crippen MR) is 121 cm³/mol. The van der Waals surface area contributed by atoms with Crippen molar-refractivity contribution in [2.75, 3.05) is 13.2 Å². The van der Waals surface area contributed by atoms with Crippen molar-refractivity contribution in [3.63, 3.8) is 0 Å². The van der Waals surface area contributed by atoms with Crippen molar-refractivity contribution in [2.45, 2.75) is 6.42 Å². The molecule has 0 aliphatic rings. The molecule has 2 amide bonds. The Balaban J connectivity index is 1.29. The van der Waals surface area contributed by atoms with Crippen LogP contribution in [-0.2, 0) is 11.2 Å². The molecule has 0 saturated heterocycles. The number of H-pyrrole nitrogens is 1. The number of hydrogen-bond donors (Lipinski definition) is 3. The van der Waals surface area contributed by atoms with E-state index in [1.165, 1.54) is 0 Å². The average molecular weight is 429 g/mol. The Bertz CT molecular complexity index is 1200. The minimum atomic E-state index is -0.461.